The summed E-state index contributed by atoms with van der Waals surface area (Å²) in [4.78, 5) is 14.6. The molecule has 3 unspecified atom stereocenters. The number of carbonyl (C=O) groups excluding carboxylic acids is 1. The Bertz CT molecular complexity index is 340. The first-order valence-electron chi connectivity index (χ1n) is 8.23. The highest BCUT2D eigenvalue weighted by atomic mass is 16.5. The van der Waals surface area contributed by atoms with Crippen molar-refractivity contribution in [2.24, 2.45) is 29.4 Å². The first-order valence-corrected chi connectivity index (χ1v) is 8.23. The molecule has 20 heavy (non-hydrogen) atoms. The molecule has 3 atom stereocenters. The molecule has 0 spiro atoms. The van der Waals surface area contributed by atoms with Gasteiger partial charge in [0.1, 0.15) is 0 Å². The zero-order valence-corrected chi connectivity index (χ0v) is 12.6. The summed E-state index contributed by atoms with van der Waals surface area (Å²) < 4.78 is 5.40. The van der Waals surface area contributed by atoms with Gasteiger partial charge in [0.15, 0.2) is 0 Å². The van der Waals surface area contributed by atoms with Crippen molar-refractivity contribution in [1.82, 2.24) is 4.90 Å². The van der Waals surface area contributed by atoms with Crippen LogP contribution < -0.4 is 5.73 Å². The summed E-state index contributed by atoms with van der Waals surface area (Å²) in [5.74, 6) is 2.27. The lowest BCUT2D eigenvalue weighted by Gasteiger charge is -2.44. The summed E-state index contributed by atoms with van der Waals surface area (Å²) in [6.07, 6.45) is 6.88. The van der Waals surface area contributed by atoms with Gasteiger partial charge in [0, 0.05) is 38.1 Å². The van der Waals surface area contributed by atoms with E-state index in [-0.39, 0.29) is 5.92 Å². The van der Waals surface area contributed by atoms with E-state index in [1.54, 1.807) is 0 Å². The van der Waals surface area contributed by atoms with Gasteiger partial charge in [-0.3, -0.25) is 4.79 Å². The van der Waals surface area contributed by atoms with Crippen molar-refractivity contribution in [1.29, 1.82) is 0 Å². The molecule has 4 heteroatoms. The number of amides is 1. The summed E-state index contributed by atoms with van der Waals surface area (Å²) in [5.41, 5.74) is 6.31. The van der Waals surface area contributed by atoms with Crippen LogP contribution in [-0.2, 0) is 9.53 Å². The fourth-order valence-electron chi connectivity index (χ4n) is 4.51. The minimum Gasteiger partial charge on any atom is -0.381 e. The lowest BCUT2D eigenvalue weighted by atomic mass is 9.65. The largest absolute Gasteiger partial charge is 0.381 e. The highest BCUT2D eigenvalue weighted by Gasteiger charge is 2.41. The monoisotopic (exact) mass is 280 g/mol. The molecule has 0 aromatic heterocycles. The van der Waals surface area contributed by atoms with Gasteiger partial charge in [-0.1, -0.05) is 6.42 Å². The molecule has 1 amide bonds. The van der Waals surface area contributed by atoms with Gasteiger partial charge in [0.25, 0.3) is 0 Å². The Balaban J connectivity index is 1.56. The molecular formula is C16H28N2O2. The van der Waals surface area contributed by atoms with Crippen LogP contribution in [0, 0.1) is 23.7 Å². The maximum absolute atomic E-state index is 12.7. The average molecular weight is 280 g/mol. The second kappa shape index (κ2) is 6.02. The fraction of sp³-hybridized carbons (Fsp3) is 0.938. The van der Waals surface area contributed by atoms with Crippen molar-refractivity contribution in [2.45, 2.75) is 44.6 Å². The van der Waals surface area contributed by atoms with Crippen molar-refractivity contribution >= 4 is 5.91 Å². The van der Waals surface area contributed by atoms with Gasteiger partial charge in [0.05, 0.1) is 6.61 Å². The summed E-state index contributed by atoms with van der Waals surface area (Å²) in [6, 6.07) is 0.348. The molecule has 3 fully saturated rings. The summed E-state index contributed by atoms with van der Waals surface area (Å²) >= 11 is 0. The quantitative estimate of drug-likeness (QED) is 0.855. The van der Waals surface area contributed by atoms with E-state index < -0.39 is 0 Å². The molecule has 0 aromatic carbocycles. The maximum Gasteiger partial charge on any atom is 0.225 e. The van der Waals surface area contributed by atoms with E-state index in [1.165, 1.54) is 19.3 Å². The van der Waals surface area contributed by atoms with Crippen LogP contribution in [-0.4, -0.2) is 43.7 Å². The molecule has 1 aliphatic heterocycles. The molecular weight excluding hydrogens is 252 g/mol. The minimum absolute atomic E-state index is 0.220. The third-order valence-corrected chi connectivity index (χ3v) is 5.69. The van der Waals surface area contributed by atoms with Gasteiger partial charge in [-0.25, -0.2) is 0 Å². The number of nitrogens with two attached hydrogens (primary N) is 1. The number of fused-ring (bicyclic) bond motifs is 2. The number of ether oxygens (including phenoxy) is 1. The minimum atomic E-state index is 0.220. The molecule has 114 valence electrons. The summed E-state index contributed by atoms with van der Waals surface area (Å²) in [6.45, 7) is 2.53. The zero-order chi connectivity index (χ0) is 14.1. The smallest absolute Gasteiger partial charge is 0.225 e. The molecule has 1 heterocycles. The molecule has 3 rings (SSSR count). The summed E-state index contributed by atoms with van der Waals surface area (Å²) in [5, 5.41) is 0. The average Bonchev–Trinajstić information content (AvgIpc) is 2.90. The van der Waals surface area contributed by atoms with E-state index in [1.807, 2.05) is 11.9 Å². The van der Waals surface area contributed by atoms with E-state index in [4.69, 9.17) is 10.5 Å². The Hall–Kier alpha value is -0.610. The zero-order valence-electron chi connectivity index (χ0n) is 12.6. The molecule has 0 radical (unpaired) electrons. The van der Waals surface area contributed by atoms with E-state index in [9.17, 15) is 4.79 Å². The van der Waals surface area contributed by atoms with Crippen LogP contribution in [0.3, 0.4) is 0 Å². The first kappa shape index (κ1) is 14.3. The van der Waals surface area contributed by atoms with Crippen LogP contribution in [0.5, 0.6) is 0 Å². The van der Waals surface area contributed by atoms with Crippen molar-refractivity contribution in [3.8, 4) is 0 Å². The molecule has 3 aliphatic rings. The van der Waals surface area contributed by atoms with Gasteiger partial charge >= 0.3 is 0 Å². The standard InChI is InChI=1S/C16H28N2O2/c1-18(9-11-5-6-20-10-11)16(19)14-7-12-3-2-4-13(8-14)15(12)17/h11-15H,2-10,17H2,1H3. The number of hydrogen-bond acceptors (Lipinski definition) is 3. The first-order chi connectivity index (χ1) is 9.65. The fourth-order valence-corrected chi connectivity index (χ4v) is 4.51. The highest BCUT2D eigenvalue weighted by molar-refractivity contribution is 5.78. The van der Waals surface area contributed by atoms with Crippen molar-refractivity contribution in [3.05, 3.63) is 0 Å². The van der Waals surface area contributed by atoms with Gasteiger partial charge in [-0.05, 0) is 43.9 Å². The molecule has 2 bridgehead atoms. The Morgan fingerprint density at radius 3 is 2.55 bits per heavy atom. The lowest BCUT2D eigenvalue weighted by Crippen LogP contribution is -2.49. The Morgan fingerprint density at radius 2 is 1.95 bits per heavy atom. The topological polar surface area (TPSA) is 55.6 Å². The molecule has 4 nitrogen and oxygen atoms in total. The van der Waals surface area contributed by atoms with Crippen LogP contribution in [0.4, 0.5) is 0 Å². The van der Waals surface area contributed by atoms with Crippen LogP contribution in [0.25, 0.3) is 0 Å². The Morgan fingerprint density at radius 1 is 1.25 bits per heavy atom. The SMILES string of the molecule is CN(CC1CCOC1)C(=O)C1CC2CCCC(C1)C2N. The van der Waals surface area contributed by atoms with Crippen LogP contribution in [0.1, 0.15) is 38.5 Å². The second-order valence-corrected chi connectivity index (χ2v) is 7.15. The summed E-state index contributed by atoms with van der Waals surface area (Å²) in [7, 11) is 1.96. The van der Waals surface area contributed by atoms with E-state index in [0.717, 1.165) is 39.0 Å². The van der Waals surface area contributed by atoms with Crippen molar-refractivity contribution < 1.29 is 9.53 Å². The van der Waals surface area contributed by atoms with E-state index in [0.29, 0.717) is 29.7 Å². The van der Waals surface area contributed by atoms with Crippen LogP contribution in [0.15, 0.2) is 0 Å². The van der Waals surface area contributed by atoms with Gasteiger partial charge in [-0.15, -0.1) is 0 Å². The number of rotatable bonds is 3. The maximum atomic E-state index is 12.7. The van der Waals surface area contributed by atoms with Crippen molar-refractivity contribution in [3.63, 3.8) is 0 Å². The predicted molar refractivity (Wildman–Crippen MR) is 78.1 cm³/mol. The molecule has 2 aliphatic carbocycles. The molecule has 1 saturated heterocycles. The van der Waals surface area contributed by atoms with Crippen LogP contribution >= 0.6 is 0 Å². The lowest BCUT2D eigenvalue weighted by molar-refractivity contribution is -0.137. The van der Waals surface area contributed by atoms with Gasteiger partial charge < -0.3 is 15.4 Å². The van der Waals surface area contributed by atoms with Crippen LogP contribution in [0.2, 0.25) is 0 Å². The highest BCUT2D eigenvalue weighted by Crippen LogP contribution is 2.42. The molecule has 2 N–H and O–H groups in total. The Kier molecular flexibility index (Phi) is 4.32. The molecule has 0 aromatic rings. The number of hydrogen-bond donors (Lipinski definition) is 1. The molecule has 2 saturated carbocycles. The Labute approximate surface area is 122 Å². The second-order valence-electron chi connectivity index (χ2n) is 7.15. The third-order valence-electron chi connectivity index (χ3n) is 5.69. The van der Waals surface area contributed by atoms with Gasteiger partial charge in [0.2, 0.25) is 5.91 Å². The van der Waals surface area contributed by atoms with Crippen molar-refractivity contribution in [2.75, 3.05) is 26.8 Å². The van der Waals surface area contributed by atoms with E-state index >= 15 is 0 Å². The number of nitrogens with zero attached hydrogens (tertiary/aromatic N) is 1. The predicted octanol–water partition coefficient (Wildman–Crippen LogP) is 1.63. The normalized spacial score (nSPS) is 40.6. The van der Waals surface area contributed by atoms with Gasteiger partial charge in [-0.2, -0.15) is 0 Å². The number of carbonyl (C=O) groups is 1. The third kappa shape index (κ3) is 2.86. The van der Waals surface area contributed by atoms with E-state index in [2.05, 4.69) is 0 Å².